The molecule has 0 aliphatic heterocycles. The van der Waals surface area contributed by atoms with Crippen molar-refractivity contribution in [2.75, 3.05) is 14.2 Å². The smallest absolute Gasteiger partial charge is 0.305 e. The summed E-state index contributed by atoms with van der Waals surface area (Å²) in [4.78, 5) is 24.3. The number of aliphatic carboxylic acids is 1. The number of benzene rings is 2. The molecule has 0 aliphatic carbocycles. The number of carboxylic acid groups (broad SMARTS) is 1. The summed E-state index contributed by atoms with van der Waals surface area (Å²) < 4.78 is 16.0. The van der Waals surface area contributed by atoms with Crippen LogP contribution >= 0.6 is 0 Å². The number of carbonyl (C=O) groups is 2. The number of hydrogen-bond acceptors (Lipinski definition) is 5. The van der Waals surface area contributed by atoms with Crippen LogP contribution in [-0.2, 0) is 11.2 Å². The summed E-state index contributed by atoms with van der Waals surface area (Å²) in [6.45, 7) is 2.03. The van der Waals surface area contributed by atoms with Gasteiger partial charge in [0.05, 0.1) is 32.2 Å². The number of fused-ring (bicyclic) bond motifs is 1. The highest BCUT2D eigenvalue weighted by molar-refractivity contribution is 6.06. The Bertz CT molecular complexity index is 1040. The Morgan fingerprint density at radius 3 is 2.52 bits per heavy atom. The zero-order valence-corrected chi connectivity index (χ0v) is 16.5. The maximum absolute atomic E-state index is 12.9. The van der Waals surface area contributed by atoms with Gasteiger partial charge in [0.25, 0.3) is 5.91 Å². The van der Waals surface area contributed by atoms with Crippen LogP contribution in [0.4, 0.5) is 0 Å². The molecule has 0 bridgehead atoms. The highest BCUT2D eigenvalue weighted by atomic mass is 16.5. The second-order valence-corrected chi connectivity index (χ2v) is 6.57. The molecule has 7 nitrogen and oxygen atoms in total. The lowest BCUT2D eigenvalue weighted by atomic mass is 10.0. The van der Waals surface area contributed by atoms with E-state index in [0.29, 0.717) is 33.6 Å². The fourth-order valence-electron chi connectivity index (χ4n) is 3.20. The van der Waals surface area contributed by atoms with Gasteiger partial charge in [-0.3, -0.25) is 9.59 Å². The van der Waals surface area contributed by atoms with Crippen LogP contribution in [0.1, 0.15) is 40.9 Å². The predicted octanol–water partition coefficient (Wildman–Crippen LogP) is 3.96. The van der Waals surface area contributed by atoms with Crippen molar-refractivity contribution in [2.24, 2.45) is 0 Å². The number of ether oxygens (including phenoxy) is 2. The van der Waals surface area contributed by atoms with Gasteiger partial charge in [-0.25, -0.2) is 0 Å². The quantitative estimate of drug-likeness (QED) is 0.597. The molecule has 1 unspecified atom stereocenters. The number of nitrogens with one attached hydrogen (secondary N) is 1. The van der Waals surface area contributed by atoms with Crippen LogP contribution in [0.5, 0.6) is 11.5 Å². The molecule has 3 rings (SSSR count). The van der Waals surface area contributed by atoms with E-state index < -0.39 is 17.9 Å². The molecule has 0 saturated heterocycles. The summed E-state index contributed by atoms with van der Waals surface area (Å²) in [5, 5.41) is 12.8. The molecule has 0 radical (unpaired) electrons. The molecule has 0 aliphatic rings. The van der Waals surface area contributed by atoms with Gasteiger partial charge in [0.1, 0.15) is 11.8 Å². The highest BCUT2D eigenvalue weighted by Crippen LogP contribution is 2.31. The van der Waals surface area contributed by atoms with Gasteiger partial charge in [0, 0.05) is 5.39 Å². The van der Waals surface area contributed by atoms with E-state index in [1.165, 1.54) is 20.5 Å². The molecule has 1 atom stereocenters. The van der Waals surface area contributed by atoms with Crippen LogP contribution in [0.3, 0.4) is 0 Å². The van der Waals surface area contributed by atoms with Crippen LogP contribution in [0.2, 0.25) is 0 Å². The Labute approximate surface area is 168 Å². The Balaban J connectivity index is 1.93. The van der Waals surface area contributed by atoms with E-state index in [-0.39, 0.29) is 6.42 Å². The van der Waals surface area contributed by atoms with Crippen molar-refractivity contribution in [3.8, 4) is 11.5 Å². The summed E-state index contributed by atoms with van der Waals surface area (Å²) in [6, 6.07) is 9.98. The van der Waals surface area contributed by atoms with Crippen molar-refractivity contribution in [1.29, 1.82) is 0 Å². The molecule has 0 fully saturated rings. The van der Waals surface area contributed by atoms with Crippen LogP contribution in [-0.4, -0.2) is 31.2 Å². The molecule has 152 valence electrons. The largest absolute Gasteiger partial charge is 0.493 e. The molecule has 7 heteroatoms. The average molecular weight is 397 g/mol. The van der Waals surface area contributed by atoms with Crippen molar-refractivity contribution >= 4 is 22.8 Å². The Kier molecular flexibility index (Phi) is 6.07. The second kappa shape index (κ2) is 8.68. The SMILES string of the molecule is CCc1ccc2occ(C(=O)NC(CC(=O)O)c3ccc(OC)c(OC)c3)c2c1. The van der Waals surface area contributed by atoms with Crippen molar-refractivity contribution in [2.45, 2.75) is 25.8 Å². The average Bonchev–Trinajstić information content (AvgIpc) is 3.15. The van der Waals surface area contributed by atoms with Crippen LogP contribution in [0, 0.1) is 0 Å². The first-order valence-electron chi connectivity index (χ1n) is 9.21. The minimum atomic E-state index is -1.03. The number of hydrogen-bond donors (Lipinski definition) is 2. The van der Waals surface area contributed by atoms with Crippen LogP contribution < -0.4 is 14.8 Å². The molecule has 3 aromatic rings. The summed E-state index contributed by atoms with van der Waals surface area (Å²) in [5.41, 5.74) is 2.65. The number of methoxy groups -OCH3 is 2. The standard InChI is InChI=1S/C22H23NO6/c1-4-13-5-7-18-15(9-13)16(12-29-18)22(26)23-17(11-21(24)25)14-6-8-19(27-2)20(10-14)28-3/h5-10,12,17H,4,11H2,1-3H3,(H,23,26)(H,24,25). The van der Waals surface area contributed by atoms with E-state index >= 15 is 0 Å². The summed E-state index contributed by atoms with van der Waals surface area (Å²) >= 11 is 0. The molecule has 0 spiro atoms. The molecule has 0 saturated carbocycles. The Hall–Kier alpha value is -3.48. The van der Waals surface area contributed by atoms with E-state index in [4.69, 9.17) is 13.9 Å². The van der Waals surface area contributed by atoms with Gasteiger partial charge < -0.3 is 24.3 Å². The monoisotopic (exact) mass is 397 g/mol. The van der Waals surface area contributed by atoms with Crippen molar-refractivity contribution in [1.82, 2.24) is 5.32 Å². The zero-order valence-electron chi connectivity index (χ0n) is 16.5. The first-order chi connectivity index (χ1) is 14.0. The molecular formula is C22H23NO6. The van der Waals surface area contributed by atoms with Gasteiger partial charge in [0.15, 0.2) is 11.5 Å². The first-order valence-corrected chi connectivity index (χ1v) is 9.21. The third kappa shape index (κ3) is 4.34. The van der Waals surface area contributed by atoms with Gasteiger partial charge in [0.2, 0.25) is 0 Å². The topological polar surface area (TPSA) is 98.0 Å². The van der Waals surface area contributed by atoms with Gasteiger partial charge in [-0.15, -0.1) is 0 Å². The number of carboxylic acids is 1. The maximum Gasteiger partial charge on any atom is 0.305 e. The van der Waals surface area contributed by atoms with E-state index in [2.05, 4.69) is 5.32 Å². The van der Waals surface area contributed by atoms with E-state index in [1.807, 2.05) is 25.1 Å². The van der Waals surface area contributed by atoms with Crippen molar-refractivity contribution in [3.63, 3.8) is 0 Å². The van der Waals surface area contributed by atoms with Gasteiger partial charge in [-0.2, -0.15) is 0 Å². The van der Waals surface area contributed by atoms with E-state index in [9.17, 15) is 14.7 Å². The summed E-state index contributed by atoms with van der Waals surface area (Å²) in [6.07, 6.45) is 1.94. The molecule has 2 N–H and O–H groups in total. The zero-order chi connectivity index (χ0) is 21.0. The van der Waals surface area contributed by atoms with Crippen LogP contribution in [0.15, 0.2) is 47.1 Å². The van der Waals surface area contributed by atoms with Gasteiger partial charge >= 0.3 is 5.97 Å². The van der Waals surface area contributed by atoms with E-state index in [1.54, 1.807) is 18.2 Å². The molecule has 1 aromatic heterocycles. The Morgan fingerprint density at radius 1 is 1.10 bits per heavy atom. The molecular weight excluding hydrogens is 374 g/mol. The highest BCUT2D eigenvalue weighted by Gasteiger charge is 2.22. The normalized spacial score (nSPS) is 11.8. The molecule has 1 heterocycles. The first kappa shape index (κ1) is 20.3. The third-order valence-corrected chi connectivity index (χ3v) is 4.78. The fraction of sp³-hybridized carbons (Fsp3) is 0.273. The number of carbonyl (C=O) groups excluding carboxylic acids is 1. The third-order valence-electron chi connectivity index (χ3n) is 4.78. The van der Waals surface area contributed by atoms with Gasteiger partial charge in [-0.05, 0) is 41.8 Å². The lowest BCUT2D eigenvalue weighted by Gasteiger charge is -2.19. The lowest BCUT2D eigenvalue weighted by Crippen LogP contribution is -2.30. The lowest BCUT2D eigenvalue weighted by molar-refractivity contribution is -0.137. The minimum absolute atomic E-state index is 0.281. The maximum atomic E-state index is 12.9. The summed E-state index contributed by atoms with van der Waals surface area (Å²) in [5.74, 6) is -0.464. The second-order valence-electron chi connectivity index (χ2n) is 6.57. The Morgan fingerprint density at radius 2 is 1.86 bits per heavy atom. The number of amides is 1. The minimum Gasteiger partial charge on any atom is -0.493 e. The molecule has 1 amide bonds. The molecule has 2 aromatic carbocycles. The number of rotatable bonds is 8. The number of furan rings is 1. The number of aryl methyl sites for hydroxylation is 1. The molecule has 29 heavy (non-hydrogen) atoms. The fourth-order valence-corrected chi connectivity index (χ4v) is 3.20. The van der Waals surface area contributed by atoms with E-state index in [0.717, 1.165) is 12.0 Å². The van der Waals surface area contributed by atoms with Crippen LogP contribution in [0.25, 0.3) is 11.0 Å². The van der Waals surface area contributed by atoms with Gasteiger partial charge in [-0.1, -0.05) is 19.1 Å². The summed E-state index contributed by atoms with van der Waals surface area (Å²) in [7, 11) is 3.01. The van der Waals surface area contributed by atoms with Crippen molar-refractivity contribution in [3.05, 3.63) is 59.4 Å². The predicted molar refractivity (Wildman–Crippen MR) is 108 cm³/mol. The van der Waals surface area contributed by atoms with Crippen molar-refractivity contribution < 1.29 is 28.6 Å².